The molecule has 3 heterocycles. The highest BCUT2D eigenvalue weighted by atomic mass is 32.1. The Morgan fingerprint density at radius 3 is 2.59 bits per heavy atom. The predicted octanol–water partition coefficient (Wildman–Crippen LogP) is 3.11. The van der Waals surface area contributed by atoms with Gasteiger partial charge in [-0.25, -0.2) is 4.98 Å². The van der Waals surface area contributed by atoms with Crippen molar-refractivity contribution in [3.05, 3.63) is 65.9 Å². The Labute approximate surface area is 201 Å². The molecule has 4 aromatic rings. The maximum atomic E-state index is 12.4. The number of aliphatic hydroxyl groups is 1. The third-order valence-electron chi connectivity index (χ3n) is 5.37. The van der Waals surface area contributed by atoms with Gasteiger partial charge in [0.05, 0.1) is 35.6 Å². The van der Waals surface area contributed by atoms with Crippen LogP contribution in [0.5, 0.6) is 0 Å². The van der Waals surface area contributed by atoms with Crippen molar-refractivity contribution < 1.29 is 14.7 Å². The summed E-state index contributed by atoms with van der Waals surface area (Å²) in [5.41, 5.74) is 3.42. The highest BCUT2D eigenvalue weighted by Crippen LogP contribution is 2.28. The van der Waals surface area contributed by atoms with E-state index in [1.54, 1.807) is 27.7 Å². The number of benzene rings is 1. The number of thiazole rings is 1. The van der Waals surface area contributed by atoms with Crippen molar-refractivity contribution in [3.63, 3.8) is 0 Å². The highest BCUT2D eigenvalue weighted by molar-refractivity contribution is 7.14. The molecule has 0 spiro atoms. The molecule has 0 atom stereocenters. The number of nitrogens with one attached hydrogen (secondary N) is 2. The lowest BCUT2D eigenvalue weighted by molar-refractivity contribution is -0.115. The monoisotopic (exact) mass is 478 g/mol. The normalized spacial score (nSPS) is 11.4. The van der Waals surface area contributed by atoms with Crippen LogP contribution in [-0.4, -0.2) is 49.4 Å². The minimum Gasteiger partial charge on any atom is -0.394 e. The molecule has 3 aromatic heterocycles. The fraction of sp³-hybridized carbons (Fsp3) is 0.250. The van der Waals surface area contributed by atoms with Gasteiger partial charge in [-0.05, 0) is 32.0 Å². The summed E-state index contributed by atoms with van der Waals surface area (Å²) in [6.07, 6.45) is 5.27. The van der Waals surface area contributed by atoms with Crippen molar-refractivity contribution in [1.82, 2.24) is 24.6 Å². The molecule has 9 nitrogen and oxygen atoms in total. The average molecular weight is 479 g/mol. The van der Waals surface area contributed by atoms with Gasteiger partial charge >= 0.3 is 0 Å². The van der Waals surface area contributed by atoms with Crippen LogP contribution in [0.15, 0.2) is 60.4 Å². The fourth-order valence-electron chi connectivity index (χ4n) is 3.29. The summed E-state index contributed by atoms with van der Waals surface area (Å²) < 4.78 is 3.52. The smallest absolute Gasteiger partial charge is 0.253 e. The summed E-state index contributed by atoms with van der Waals surface area (Å²) >= 11 is 1.32. The molecule has 0 aliphatic rings. The molecule has 2 amide bonds. The molecule has 0 aliphatic carbocycles. The van der Waals surface area contributed by atoms with Crippen LogP contribution >= 0.6 is 11.3 Å². The predicted molar refractivity (Wildman–Crippen MR) is 132 cm³/mol. The molecular weight excluding hydrogens is 452 g/mol. The first kappa shape index (κ1) is 23.4. The van der Waals surface area contributed by atoms with Gasteiger partial charge in [-0.1, -0.05) is 18.2 Å². The maximum absolute atomic E-state index is 12.4. The Bertz CT molecular complexity index is 1320. The third kappa shape index (κ3) is 5.24. The van der Waals surface area contributed by atoms with Crippen molar-refractivity contribution in [2.24, 2.45) is 7.05 Å². The minimum absolute atomic E-state index is 0.0611. The average Bonchev–Trinajstić information content (AvgIpc) is 3.59. The van der Waals surface area contributed by atoms with Gasteiger partial charge in [0, 0.05) is 42.1 Å². The minimum atomic E-state index is -0.518. The number of carbonyl (C=O) groups excluding carboxylic acids is 2. The summed E-state index contributed by atoms with van der Waals surface area (Å²) in [6.45, 7) is 3.48. The van der Waals surface area contributed by atoms with Crippen LogP contribution < -0.4 is 10.6 Å². The first-order valence-electron chi connectivity index (χ1n) is 10.7. The van der Waals surface area contributed by atoms with Gasteiger partial charge in [0.25, 0.3) is 5.91 Å². The number of aliphatic hydroxyl groups excluding tert-OH is 1. The van der Waals surface area contributed by atoms with E-state index < -0.39 is 5.54 Å². The lowest BCUT2D eigenvalue weighted by Crippen LogP contribution is -2.33. The quantitative estimate of drug-likeness (QED) is 0.360. The Hall–Kier alpha value is -3.76. The van der Waals surface area contributed by atoms with Crippen molar-refractivity contribution in [3.8, 4) is 22.5 Å². The van der Waals surface area contributed by atoms with Crippen molar-refractivity contribution in [1.29, 1.82) is 0 Å². The summed E-state index contributed by atoms with van der Waals surface area (Å²) in [4.78, 5) is 29.2. The van der Waals surface area contributed by atoms with Crippen LogP contribution in [0.3, 0.4) is 0 Å². The summed E-state index contributed by atoms with van der Waals surface area (Å²) in [7, 11) is 1.87. The van der Waals surface area contributed by atoms with Gasteiger partial charge in [-0.2, -0.15) is 5.10 Å². The zero-order valence-corrected chi connectivity index (χ0v) is 20.0. The van der Waals surface area contributed by atoms with Crippen LogP contribution in [0.4, 0.5) is 5.13 Å². The van der Waals surface area contributed by atoms with E-state index in [0.717, 1.165) is 22.5 Å². The van der Waals surface area contributed by atoms with Crippen LogP contribution in [-0.2, 0) is 17.4 Å². The summed E-state index contributed by atoms with van der Waals surface area (Å²) in [5, 5.41) is 21.6. The molecule has 0 bridgehead atoms. The third-order valence-corrected chi connectivity index (χ3v) is 6.13. The maximum Gasteiger partial charge on any atom is 0.253 e. The van der Waals surface area contributed by atoms with E-state index in [2.05, 4.69) is 20.7 Å². The van der Waals surface area contributed by atoms with E-state index in [1.165, 1.54) is 11.3 Å². The Morgan fingerprint density at radius 2 is 1.88 bits per heavy atom. The standard InChI is InChI=1S/C24H26N6O3S/c1-24(2,15-31)30-10-7-18(13-30)22(33)25-12-21(32)27-23-26-20(14-34-23)17-6-4-5-16(11-17)19-8-9-29(3)28-19/h4-11,13-14,31H,12,15H2,1-3H3,(H,25,33)(H,26,27,32). The molecule has 34 heavy (non-hydrogen) atoms. The number of aryl methyl sites for hydroxylation is 1. The number of aromatic nitrogens is 4. The first-order valence-corrected chi connectivity index (χ1v) is 11.6. The SMILES string of the molecule is Cn1ccc(-c2cccc(-c3csc(NC(=O)CNC(=O)c4ccn(C(C)(C)CO)c4)n3)c2)n1. The van der Waals surface area contributed by atoms with Gasteiger partial charge < -0.3 is 20.3 Å². The molecule has 0 aliphatic heterocycles. The van der Waals surface area contributed by atoms with Crippen LogP contribution in [0, 0.1) is 0 Å². The lowest BCUT2D eigenvalue weighted by atomic mass is 10.1. The second-order valence-corrected chi connectivity index (χ2v) is 9.36. The van der Waals surface area contributed by atoms with Crippen LogP contribution in [0.25, 0.3) is 22.5 Å². The highest BCUT2D eigenvalue weighted by Gasteiger charge is 2.20. The van der Waals surface area contributed by atoms with Gasteiger partial charge in [-0.3, -0.25) is 14.3 Å². The van der Waals surface area contributed by atoms with Crippen LogP contribution in [0.1, 0.15) is 24.2 Å². The zero-order valence-electron chi connectivity index (χ0n) is 19.1. The first-order chi connectivity index (χ1) is 16.2. The van der Waals surface area contributed by atoms with E-state index in [4.69, 9.17) is 0 Å². The number of amides is 2. The molecule has 3 N–H and O–H groups in total. The Kier molecular flexibility index (Phi) is 6.62. The van der Waals surface area contributed by atoms with E-state index in [1.807, 2.05) is 62.8 Å². The Morgan fingerprint density at radius 1 is 1.12 bits per heavy atom. The van der Waals surface area contributed by atoms with E-state index >= 15 is 0 Å². The second-order valence-electron chi connectivity index (χ2n) is 8.50. The number of hydrogen-bond acceptors (Lipinski definition) is 6. The molecule has 0 saturated carbocycles. The molecule has 0 radical (unpaired) electrons. The molecule has 1 aromatic carbocycles. The zero-order chi connectivity index (χ0) is 24.3. The molecular formula is C24H26N6O3S. The Balaban J connectivity index is 1.35. The topological polar surface area (TPSA) is 114 Å². The number of rotatable bonds is 8. The molecule has 0 saturated heterocycles. The molecule has 4 rings (SSSR count). The van der Waals surface area contributed by atoms with E-state index in [0.29, 0.717) is 10.7 Å². The van der Waals surface area contributed by atoms with Crippen LogP contribution in [0.2, 0.25) is 0 Å². The van der Waals surface area contributed by atoms with Crippen molar-refractivity contribution in [2.75, 3.05) is 18.5 Å². The fourth-order valence-corrected chi connectivity index (χ4v) is 4.02. The number of anilines is 1. The van der Waals surface area contributed by atoms with Gasteiger partial charge in [0.1, 0.15) is 0 Å². The summed E-state index contributed by atoms with van der Waals surface area (Å²) in [6, 6.07) is 11.5. The summed E-state index contributed by atoms with van der Waals surface area (Å²) in [5.74, 6) is -0.736. The molecule has 176 valence electrons. The van der Waals surface area contributed by atoms with Crippen molar-refractivity contribution >= 4 is 28.3 Å². The number of hydrogen-bond donors (Lipinski definition) is 3. The van der Waals surface area contributed by atoms with Crippen molar-refractivity contribution in [2.45, 2.75) is 19.4 Å². The number of nitrogens with zero attached hydrogens (tertiary/aromatic N) is 4. The second kappa shape index (κ2) is 9.62. The largest absolute Gasteiger partial charge is 0.394 e. The van der Waals surface area contributed by atoms with E-state index in [9.17, 15) is 14.7 Å². The lowest BCUT2D eigenvalue weighted by Gasteiger charge is -2.23. The van der Waals surface area contributed by atoms with Gasteiger partial charge in [0.15, 0.2) is 5.13 Å². The molecule has 10 heteroatoms. The van der Waals surface area contributed by atoms with E-state index in [-0.39, 0.29) is 25.0 Å². The number of carbonyl (C=O) groups is 2. The molecule has 0 unspecified atom stereocenters. The van der Waals surface area contributed by atoms with Gasteiger partial charge in [-0.15, -0.1) is 11.3 Å². The van der Waals surface area contributed by atoms with Gasteiger partial charge in [0.2, 0.25) is 5.91 Å². The molecule has 0 fully saturated rings.